The topological polar surface area (TPSA) is 63.0 Å². The van der Waals surface area contributed by atoms with Gasteiger partial charge < -0.3 is 19.0 Å². The molecule has 0 aliphatic carbocycles. The minimum atomic E-state index is -0.655. The molecular formula is C22H20BrFN2O4. The molecule has 4 rings (SSSR count). The number of anilines is 1. The fraction of sp³-hybridized carbons (Fsp3) is 0.273. The Morgan fingerprint density at radius 2 is 1.80 bits per heavy atom. The number of fused-ring (bicyclic) bond motifs is 1. The van der Waals surface area contributed by atoms with E-state index in [4.69, 9.17) is 9.15 Å². The van der Waals surface area contributed by atoms with Gasteiger partial charge in [0.2, 0.25) is 5.76 Å². The Kier molecular flexibility index (Phi) is 5.76. The summed E-state index contributed by atoms with van der Waals surface area (Å²) in [7, 11) is 0. The number of furan rings is 1. The summed E-state index contributed by atoms with van der Waals surface area (Å²) in [6, 6.07) is 11.8. The molecule has 0 radical (unpaired) electrons. The van der Waals surface area contributed by atoms with Gasteiger partial charge in [0.05, 0.1) is 0 Å². The number of carbonyl (C=O) groups is 2. The van der Waals surface area contributed by atoms with E-state index in [1.54, 1.807) is 30.0 Å². The van der Waals surface area contributed by atoms with E-state index in [0.717, 1.165) is 15.5 Å². The third kappa shape index (κ3) is 4.18. The number of amides is 1. The van der Waals surface area contributed by atoms with Gasteiger partial charge in [-0.15, -0.1) is 0 Å². The first kappa shape index (κ1) is 20.4. The van der Waals surface area contributed by atoms with Crippen molar-refractivity contribution in [2.24, 2.45) is 0 Å². The van der Waals surface area contributed by atoms with Crippen LogP contribution < -0.4 is 4.90 Å². The maximum absolute atomic E-state index is 13.1. The molecule has 156 valence electrons. The molecule has 0 bridgehead atoms. The minimum absolute atomic E-state index is 0.108. The van der Waals surface area contributed by atoms with Gasteiger partial charge in [-0.1, -0.05) is 15.9 Å². The second kappa shape index (κ2) is 8.47. The molecule has 1 aliphatic rings. The van der Waals surface area contributed by atoms with Crippen molar-refractivity contribution in [2.45, 2.75) is 6.92 Å². The number of hydrogen-bond donors (Lipinski definition) is 0. The van der Waals surface area contributed by atoms with E-state index in [0.29, 0.717) is 37.3 Å². The van der Waals surface area contributed by atoms with Crippen LogP contribution in [-0.4, -0.2) is 49.6 Å². The Labute approximate surface area is 181 Å². The summed E-state index contributed by atoms with van der Waals surface area (Å²) in [6.07, 6.45) is 0. The summed E-state index contributed by atoms with van der Waals surface area (Å²) >= 11 is 3.40. The highest BCUT2D eigenvalue weighted by Gasteiger charge is 2.24. The third-order valence-corrected chi connectivity index (χ3v) is 5.73. The maximum Gasteiger partial charge on any atom is 0.375 e. The van der Waals surface area contributed by atoms with E-state index >= 15 is 0 Å². The van der Waals surface area contributed by atoms with Crippen LogP contribution in [0.4, 0.5) is 10.1 Å². The highest BCUT2D eigenvalue weighted by Crippen LogP contribution is 2.28. The zero-order valence-corrected chi connectivity index (χ0v) is 17.9. The van der Waals surface area contributed by atoms with Crippen LogP contribution in [0, 0.1) is 12.7 Å². The number of piperazine rings is 1. The Balaban J connectivity index is 1.32. The number of rotatable bonds is 4. The Morgan fingerprint density at radius 3 is 2.50 bits per heavy atom. The van der Waals surface area contributed by atoms with Crippen molar-refractivity contribution in [1.29, 1.82) is 0 Å². The van der Waals surface area contributed by atoms with Gasteiger partial charge in [0.1, 0.15) is 11.4 Å². The predicted octanol–water partition coefficient (Wildman–Crippen LogP) is 4.15. The summed E-state index contributed by atoms with van der Waals surface area (Å²) < 4.78 is 24.8. The normalized spacial score (nSPS) is 14.2. The smallest absolute Gasteiger partial charge is 0.375 e. The Bertz CT molecular complexity index is 1090. The summed E-state index contributed by atoms with van der Waals surface area (Å²) in [5.41, 5.74) is 2.18. The van der Waals surface area contributed by atoms with Crippen LogP contribution in [0.3, 0.4) is 0 Å². The molecule has 8 heteroatoms. The van der Waals surface area contributed by atoms with Gasteiger partial charge in [0.25, 0.3) is 5.91 Å². The standard InChI is InChI=1S/C22H20BrFN2O4/c1-14-18-12-15(23)2-7-19(18)30-21(14)22(28)29-13-20(27)26-10-8-25(9-11-26)17-5-3-16(24)4-6-17/h2-7,12H,8-11,13H2,1H3. The molecule has 0 atom stereocenters. The molecule has 2 heterocycles. The first-order chi connectivity index (χ1) is 14.4. The highest BCUT2D eigenvalue weighted by molar-refractivity contribution is 9.10. The molecule has 1 aromatic heterocycles. The number of esters is 1. The molecule has 2 aromatic carbocycles. The molecular weight excluding hydrogens is 455 g/mol. The molecule has 1 aliphatic heterocycles. The van der Waals surface area contributed by atoms with Crippen LogP contribution in [0.15, 0.2) is 51.4 Å². The van der Waals surface area contributed by atoms with Crippen LogP contribution in [0.5, 0.6) is 0 Å². The second-order valence-corrected chi connectivity index (χ2v) is 8.03. The van der Waals surface area contributed by atoms with Gasteiger partial charge in [-0.2, -0.15) is 0 Å². The van der Waals surface area contributed by atoms with Gasteiger partial charge in [0, 0.05) is 47.3 Å². The number of aryl methyl sites for hydroxylation is 1. The number of ether oxygens (including phenoxy) is 1. The van der Waals surface area contributed by atoms with Crippen molar-refractivity contribution in [3.63, 3.8) is 0 Å². The van der Waals surface area contributed by atoms with Gasteiger partial charge in [-0.25, -0.2) is 9.18 Å². The number of halogens is 2. The van der Waals surface area contributed by atoms with E-state index in [2.05, 4.69) is 20.8 Å². The highest BCUT2D eigenvalue weighted by atomic mass is 79.9. The predicted molar refractivity (Wildman–Crippen MR) is 114 cm³/mol. The average molecular weight is 475 g/mol. The summed E-state index contributed by atoms with van der Waals surface area (Å²) in [4.78, 5) is 28.7. The van der Waals surface area contributed by atoms with Crippen LogP contribution in [0.2, 0.25) is 0 Å². The first-order valence-electron chi connectivity index (χ1n) is 9.56. The number of benzene rings is 2. The van der Waals surface area contributed by atoms with Gasteiger partial charge in [-0.3, -0.25) is 4.79 Å². The van der Waals surface area contributed by atoms with Crippen molar-refractivity contribution in [2.75, 3.05) is 37.7 Å². The maximum atomic E-state index is 13.1. The molecule has 3 aromatic rings. The first-order valence-corrected chi connectivity index (χ1v) is 10.4. The van der Waals surface area contributed by atoms with Crippen molar-refractivity contribution >= 4 is 44.5 Å². The third-order valence-electron chi connectivity index (χ3n) is 5.23. The quantitative estimate of drug-likeness (QED) is 0.531. The van der Waals surface area contributed by atoms with E-state index in [-0.39, 0.29) is 24.1 Å². The lowest BCUT2D eigenvalue weighted by atomic mass is 10.1. The minimum Gasteiger partial charge on any atom is -0.450 e. The van der Waals surface area contributed by atoms with Gasteiger partial charge in [0.15, 0.2) is 6.61 Å². The molecule has 0 N–H and O–H groups in total. The molecule has 30 heavy (non-hydrogen) atoms. The van der Waals surface area contributed by atoms with Crippen LogP contribution in [0.25, 0.3) is 11.0 Å². The lowest BCUT2D eigenvalue weighted by Gasteiger charge is -2.36. The van der Waals surface area contributed by atoms with Crippen LogP contribution in [-0.2, 0) is 9.53 Å². The number of hydrogen-bond acceptors (Lipinski definition) is 5. The molecule has 0 unspecified atom stereocenters. The van der Waals surface area contributed by atoms with Crippen molar-refractivity contribution in [1.82, 2.24) is 4.90 Å². The monoisotopic (exact) mass is 474 g/mol. The lowest BCUT2D eigenvalue weighted by Crippen LogP contribution is -2.49. The Morgan fingerprint density at radius 1 is 1.10 bits per heavy atom. The Hall–Kier alpha value is -2.87. The molecule has 1 fully saturated rings. The van der Waals surface area contributed by atoms with Gasteiger partial charge >= 0.3 is 5.97 Å². The van der Waals surface area contributed by atoms with Crippen molar-refractivity contribution < 1.29 is 23.1 Å². The molecule has 1 saturated heterocycles. The van der Waals surface area contributed by atoms with Crippen molar-refractivity contribution in [3.8, 4) is 0 Å². The molecule has 0 spiro atoms. The van der Waals surface area contributed by atoms with Crippen molar-refractivity contribution in [3.05, 3.63) is 64.1 Å². The number of carbonyl (C=O) groups excluding carboxylic acids is 2. The molecule has 6 nitrogen and oxygen atoms in total. The zero-order chi connectivity index (χ0) is 21.3. The lowest BCUT2D eigenvalue weighted by molar-refractivity contribution is -0.134. The average Bonchev–Trinajstić information content (AvgIpc) is 3.08. The SMILES string of the molecule is Cc1c(C(=O)OCC(=O)N2CCN(c3ccc(F)cc3)CC2)oc2ccc(Br)cc12. The summed E-state index contributed by atoms with van der Waals surface area (Å²) in [6.45, 7) is 3.71. The molecule has 0 saturated carbocycles. The van der Waals surface area contributed by atoms with Gasteiger partial charge in [-0.05, 0) is 49.4 Å². The van der Waals surface area contributed by atoms with E-state index < -0.39 is 5.97 Å². The van der Waals surface area contributed by atoms with E-state index in [9.17, 15) is 14.0 Å². The van der Waals surface area contributed by atoms with Crippen LogP contribution >= 0.6 is 15.9 Å². The molecule has 1 amide bonds. The summed E-state index contributed by atoms with van der Waals surface area (Å²) in [5, 5.41) is 0.819. The number of nitrogens with zero attached hydrogens (tertiary/aromatic N) is 2. The van der Waals surface area contributed by atoms with E-state index in [1.807, 2.05) is 12.1 Å². The zero-order valence-electron chi connectivity index (χ0n) is 16.4. The second-order valence-electron chi connectivity index (χ2n) is 7.12. The van der Waals surface area contributed by atoms with Crippen LogP contribution in [0.1, 0.15) is 16.1 Å². The largest absolute Gasteiger partial charge is 0.450 e. The fourth-order valence-corrected chi connectivity index (χ4v) is 3.90. The fourth-order valence-electron chi connectivity index (χ4n) is 3.54. The summed E-state index contributed by atoms with van der Waals surface area (Å²) in [5.74, 6) is -1.07. The van der Waals surface area contributed by atoms with E-state index in [1.165, 1.54) is 12.1 Å².